The largest absolute Gasteiger partial charge is 0.493 e. The van der Waals surface area contributed by atoms with Gasteiger partial charge in [0, 0.05) is 28.6 Å². The zero-order valence-electron chi connectivity index (χ0n) is 17.3. The molecule has 0 aliphatic rings. The third-order valence-electron chi connectivity index (χ3n) is 4.87. The summed E-state index contributed by atoms with van der Waals surface area (Å²) >= 11 is 1.59. The molecule has 0 saturated heterocycles. The molecule has 31 heavy (non-hydrogen) atoms. The van der Waals surface area contributed by atoms with Gasteiger partial charge in [0.1, 0.15) is 5.01 Å². The summed E-state index contributed by atoms with van der Waals surface area (Å²) in [6.45, 7) is 0.475. The molecule has 1 aromatic heterocycles. The van der Waals surface area contributed by atoms with E-state index in [1.807, 2.05) is 66.0 Å². The number of nitrogens with zero attached hydrogens (tertiary/aromatic N) is 1. The van der Waals surface area contributed by atoms with Gasteiger partial charge in [-0.25, -0.2) is 4.98 Å². The lowest BCUT2D eigenvalue weighted by Gasteiger charge is -2.08. The molecule has 5 nitrogen and oxygen atoms in total. The van der Waals surface area contributed by atoms with Gasteiger partial charge in [0.05, 0.1) is 19.9 Å². The Balaban J connectivity index is 1.44. The minimum absolute atomic E-state index is 0.0795. The van der Waals surface area contributed by atoms with Crippen molar-refractivity contribution in [1.29, 1.82) is 0 Å². The van der Waals surface area contributed by atoms with Gasteiger partial charge in [-0.05, 0) is 35.9 Å². The second-order valence-electron chi connectivity index (χ2n) is 6.85. The average Bonchev–Trinajstić information content (AvgIpc) is 3.33. The molecule has 3 aromatic carbocycles. The second-order valence-corrected chi connectivity index (χ2v) is 7.71. The molecule has 1 heterocycles. The predicted octanol–water partition coefficient (Wildman–Crippen LogP) is 5.42. The van der Waals surface area contributed by atoms with E-state index in [4.69, 9.17) is 14.5 Å². The van der Waals surface area contributed by atoms with Crippen LogP contribution in [0.5, 0.6) is 11.5 Å². The molecule has 0 atom stereocenters. The lowest BCUT2D eigenvalue weighted by Crippen LogP contribution is -2.22. The number of carbonyl (C=O) groups is 1. The first-order valence-electron chi connectivity index (χ1n) is 9.78. The molecule has 6 heteroatoms. The molecule has 0 bridgehead atoms. The van der Waals surface area contributed by atoms with Crippen molar-refractivity contribution >= 4 is 17.2 Å². The zero-order valence-corrected chi connectivity index (χ0v) is 18.1. The van der Waals surface area contributed by atoms with Crippen molar-refractivity contribution in [2.45, 2.75) is 6.54 Å². The standard InChI is InChI=1S/C25H22N2O3S/c1-29-22-13-12-20(14-23(22)30-2)21-16-31-25(27-21)19-10-8-17(9-11-19)15-26-24(28)18-6-4-3-5-7-18/h3-14,16H,15H2,1-2H3,(H,26,28). The topological polar surface area (TPSA) is 60.5 Å². The van der Waals surface area contributed by atoms with Gasteiger partial charge in [0.15, 0.2) is 11.5 Å². The van der Waals surface area contributed by atoms with Crippen LogP contribution >= 0.6 is 11.3 Å². The SMILES string of the molecule is COc1ccc(-c2csc(-c3ccc(CNC(=O)c4ccccc4)cc3)n2)cc1OC. The fourth-order valence-electron chi connectivity index (χ4n) is 3.17. The minimum atomic E-state index is -0.0795. The average molecular weight is 431 g/mol. The summed E-state index contributed by atoms with van der Waals surface area (Å²) in [6, 6.07) is 23.1. The van der Waals surface area contributed by atoms with Crippen LogP contribution in [0.1, 0.15) is 15.9 Å². The number of rotatable bonds is 7. The number of carbonyl (C=O) groups excluding carboxylic acids is 1. The molecule has 4 rings (SSSR count). The fourth-order valence-corrected chi connectivity index (χ4v) is 4.01. The Morgan fingerprint density at radius 1 is 0.903 bits per heavy atom. The van der Waals surface area contributed by atoms with Crippen molar-refractivity contribution in [2.24, 2.45) is 0 Å². The molecule has 0 saturated carbocycles. The van der Waals surface area contributed by atoms with E-state index in [1.165, 1.54) is 0 Å². The smallest absolute Gasteiger partial charge is 0.251 e. The van der Waals surface area contributed by atoms with E-state index >= 15 is 0 Å². The summed E-state index contributed by atoms with van der Waals surface area (Å²) in [4.78, 5) is 17.0. The maximum Gasteiger partial charge on any atom is 0.251 e. The highest BCUT2D eigenvalue weighted by Gasteiger charge is 2.11. The number of thiazole rings is 1. The number of aromatic nitrogens is 1. The maximum absolute atomic E-state index is 12.2. The fraction of sp³-hybridized carbons (Fsp3) is 0.120. The summed E-state index contributed by atoms with van der Waals surface area (Å²) in [5.74, 6) is 1.29. The van der Waals surface area contributed by atoms with Crippen molar-refractivity contribution in [3.63, 3.8) is 0 Å². The van der Waals surface area contributed by atoms with Crippen LogP contribution in [0.3, 0.4) is 0 Å². The summed E-state index contributed by atoms with van der Waals surface area (Å²) in [5, 5.41) is 5.91. The van der Waals surface area contributed by atoms with E-state index in [0.717, 1.165) is 27.4 Å². The number of ether oxygens (including phenoxy) is 2. The Hall–Kier alpha value is -3.64. The van der Waals surface area contributed by atoms with Crippen LogP contribution in [-0.2, 0) is 6.54 Å². The normalized spacial score (nSPS) is 10.5. The quantitative estimate of drug-likeness (QED) is 0.425. The van der Waals surface area contributed by atoms with Crippen LogP contribution in [0, 0.1) is 0 Å². The first-order chi connectivity index (χ1) is 15.2. The second kappa shape index (κ2) is 9.45. The van der Waals surface area contributed by atoms with E-state index in [0.29, 0.717) is 23.6 Å². The molecule has 0 aliphatic heterocycles. The van der Waals surface area contributed by atoms with Gasteiger partial charge in [0.2, 0.25) is 0 Å². The molecule has 4 aromatic rings. The molecule has 0 unspecified atom stereocenters. The molecule has 0 radical (unpaired) electrons. The number of benzene rings is 3. The highest BCUT2D eigenvalue weighted by Crippen LogP contribution is 2.34. The number of hydrogen-bond donors (Lipinski definition) is 1. The number of amides is 1. The van der Waals surface area contributed by atoms with Gasteiger partial charge in [0.25, 0.3) is 5.91 Å². The first-order valence-corrected chi connectivity index (χ1v) is 10.7. The summed E-state index contributed by atoms with van der Waals surface area (Å²) in [5.41, 5.74) is 4.59. The summed E-state index contributed by atoms with van der Waals surface area (Å²) in [7, 11) is 3.24. The minimum Gasteiger partial charge on any atom is -0.493 e. The van der Waals surface area contributed by atoms with E-state index in [9.17, 15) is 4.79 Å². The highest BCUT2D eigenvalue weighted by atomic mass is 32.1. The number of methoxy groups -OCH3 is 2. The number of hydrogen-bond acceptors (Lipinski definition) is 5. The lowest BCUT2D eigenvalue weighted by molar-refractivity contribution is 0.0951. The van der Waals surface area contributed by atoms with Gasteiger partial charge in [-0.2, -0.15) is 0 Å². The molecule has 156 valence electrons. The van der Waals surface area contributed by atoms with Crippen molar-refractivity contribution in [3.05, 3.63) is 89.3 Å². The third kappa shape index (κ3) is 4.75. The van der Waals surface area contributed by atoms with Gasteiger partial charge in [-0.3, -0.25) is 4.79 Å². The Morgan fingerprint density at radius 3 is 2.32 bits per heavy atom. The Morgan fingerprint density at radius 2 is 1.61 bits per heavy atom. The summed E-state index contributed by atoms with van der Waals surface area (Å²) in [6.07, 6.45) is 0. The monoisotopic (exact) mass is 430 g/mol. The Kier molecular flexibility index (Phi) is 6.29. The van der Waals surface area contributed by atoms with E-state index in [2.05, 4.69) is 5.32 Å². The van der Waals surface area contributed by atoms with Crippen molar-refractivity contribution in [3.8, 4) is 33.3 Å². The highest BCUT2D eigenvalue weighted by molar-refractivity contribution is 7.13. The Bertz CT molecular complexity index is 1170. The van der Waals surface area contributed by atoms with Gasteiger partial charge in [-0.1, -0.05) is 42.5 Å². The molecule has 0 spiro atoms. The van der Waals surface area contributed by atoms with Gasteiger partial charge >= 0.3 is 0 Å². The molecular formula is C25H22N2O3S. The number of nitrogens with one attached hydrogen (secondary N) is 1. The van der Waals surface area contributed by atoms with Gasteiger partial charge < -0.3 is 14.8 Å². The predicted molar refractivity (Wildman–Crippen MR) is 124 cm³/mol. The van der Waals surface area contributed by atoms with Crippen molar-refractivity contribution < 1.29 is 14.3 Å². The third-order valence-corrected chi connectivity index (χ3v) is 5.76. The van der Waals surface area contributed by atoms with E-state index < -0.39 is 0 Å². The van der Waals surface area contributed by atoms with Crippen LogP contribution in [0.2, 0.25) is 0 Å². The van der Waals surface area contributed by atoms with E-state index in [1.54, 1.807) is 37.7 Å². The summed E-state index contributed by atoms with van der Waals surface area (Å²) < 4.78 is 10.7. The molecule has 0 fully saturated rings. The van der Waals surface area contributed by atoms with Crippen LogP contribution in [-0.4, -0.2) is 25.1 Å². The van der Waals surface area contributed by atoms with Crippen molar-refractivity contribution in [2.75, 3.05) is 14.2 Å². The lowest BCUT2D eigenvalue weighted by atomic mass is 10.1. The molecule has 0 aliphatic carbocycles. The van der Waals surface area contributed by atoms with Crippen LogP contribution < -0.4 is 14.8 Å². The van der Waals surface area contributed by atoms with E-state index in [-0.39, 0.29) is 5.91 Å². The molecule has 1 amide bonds. The van der Waals surface area contributed by atoms with Crippen LogP contribution in [0.4, 0.5) is 0 Å². The first kappa shape index (κ1) is 20.6. The molecule has 1 N–H and O–H groups in total. The zero-order chi connectivity index (χ0) is 21.6. The Labute approximate surface area is 185 Å². The van der Waals surface area contributed by atoms with Crippen LogP contribution in [0.25, 0.3) is 21.8 Å². The van der Waals surface area contributed by atoms with Gasteiger partial charge in [-0.15, -0.1) is 11.3 Å². The molecular weight excluding hydrogens is 408 g/mol. The van der Waals surface area contributed by atoms with Crippen LogP contribution in [0.15, 0.2) is 78.2 Å². The van der Waals surface area contributed by atoms with Crippen molar-refractivity contribution in [1.82, 2.24) is 10.3 Å². The maximum atomic E-state index is 12.2.